The summed E-state index contributed by atoms with van der Waals surface area (Å²) < 4.78 is 5.42. The summed E-state index contributed by atoms with van der Waals surface area (Å²) in [4.78, 5) is 11.6. The Bertz CT molecular complexity index is 241. The van der Waals surface area contributed by atoms with E-state index < -0.39 is 8.07 Å². The first-order valence-electron chi connectivity index (χ1n) is 7.20. The van der Waals surface area contributed by atoms with Crippen LogP contribution in [-0.4, -0.2) is 27.1 Å². The molecule has 3 heteroatoms. The van der Waals surface area contributed by atoms with Gasteiger partial charge >= 0.3 is 0 Å². The minimum Gasteiger partial charge on any atom is -0.374 e. The summed E-state index contributed by atoms with van der Waals surface area (Å²) in [5.41, 5.74) is 0. The number of carbonyl (C=O) groups is 1. The Morgan fingerprint density at radius 1 is 1.11 bits per heavy atom. The van der Waals surface area contributed by atoms with E-state index in [1.165, 1.54) is 19.3 Å². The topological polar surface area (TPSA) is 26.3 Å². The predicted octanol–water partition coefficient (Wildman–Crippen LogP) is 4.44. The van der Waals surface area contributed by atoms with Crippen LogP contribution < -0.4 is 0 Å². The minimum atomic E-state index is -1.25. The van der Waals surface area contributed by atoms with Crippen molar-refractivity contribution in [3.8, 4) is 0 Å². The fourth-order valence-electron chi connectivity index (χ4n) is 1.76. The Morgan fingerprint density at radius 3 is 2.44 bits per heavy atom. The maximum absolute atomic E-state index is 11.6. The van der Waals surface area contributed by atoms with Gasteiger partial charge in [0.15, 0.2) is 5.78 Å². The molecule has 0 atom stereocenters. The van der Waals surface area contributed by atoms with Crippen molar-refractivity contribution < 1.29 is 9.53 Å². The number of allylic oxidation sites excluding steroid dienone is 2. The average Bonchev–Trinajstić information content (AvgIpc) is 2.24. The van der Waals surface area contributed by atoms with Crippen molar-refractivity contribution in [1.29, 1.82) is 0 Å². The second-order valence-electron chi connectivity index (χ2n) is 6.06. The molecule has 0 spiro atoms. The highest BCUT2D eigenvalue weighted by Crippen LogP contribution is 2.08. The molecule has 106 valence electrons. The lowest BCUT2D eigenvalue weighted by molar-refractivity contribution is -0.121. The molecule has 0 aliphatic heterocycles. The molecule has 0 radical (unpaired) electrons. The van der Waals surface area contributed by atoms with E-state index in [9.17, 15) is 4.79 Å². The van der Waals surface area contributed by atoms with E-state index in [1.54, 1.807) is 0 Å². The second-order valence-corrected chi connectivity index (χ2v) is 11.5. The van der Waals surface area contributed by atoms with Gasteiger partial charge in [0.2, 0.25) is 0 Å². The highest BCUT2D eigenvalue weighted by molar-refractivity contribution is 6.78. The van der Waals surface area contributed by atoms with Gasteiger partial charge < -0.3 is 4.74 Å². The summed E-state index contributed by atoms with van der Waals surface area (Å²) in [5.74, 6) is 0.278. The van der Waals surface area contributed by atoms with Crippen LogP contribution in [0.4, 0.5) is 0 Å². The molecule has 0 amide bonds. The van der Waals surface area contributed by atoms with Gasteiger partial charge in [0.05, 0.1) is 8.07 Å². The summed E-state index contributed by atoms with van der Waals surface area (Å²) in [6, 6.07) is 0.745. The smallest absolute Gasteiger partial charge is 0.155 e. The third kappa shape index (κ3) is 13.7. The number of rotatable bonds is 11. The van der Waals surface area contributed by atoms with E-state index in [-0.39, 0.29) is 5.78 Å². The van der Waals surface area contributed by atoms with Crippen LogP contribution in [0.15, 0.2) is 12.2 Å². The Kier molecular flexibility index (Phi) is 10.3. The second kappa shape index (κ2) is 10.5. The maximum Gasteiger partial charge on any atom is 0.155 e. The van der Waals surface area contributed by atoms with E-state index in [1.807, 2.05) is 0 Å². The highest BCUT2D eigenvalue weighted by atomic mass is 28.3. The molecule has 0 aromatic rings. The van der Waals surface area contributed by atoms with E-state index in [2.05, 4.69) is 38.7 Å². The van der Waals surface area contributed by atoms with Gasteiger partial charge in [-0.15, -0.1) is 0 Å². The third-order valence-corrected chi connectivity index (χ3v) is 4.01. The van der Waals surface area contributed by atoms with Crippen LogP contribution in [0.1, 0.15) is 39.0 Å². The summed E-state index contributed by atoms with van der Waals surface area (Å²) in [6.07, 6.45) is 10.2. The van der Waals surface area contributed by atoms with Crippen LogP contribution >= 0.6 is 0 Å². The molecule has 0 unspecified atom stereocenters. The van der Waals surface area contributed by atoms with Gasteiger partial charge in [-0.05, 0) is 25.7 Å². The van der Waals surface area contributed by atoms with Crippen molar-refractivity contribution in [3.05, 3.63) is 12.2 Å². The Hall–Kier alpha value is -0.413. The minimum absolute atomic E-state index is 0.278. The number of hydrogen-bond acceptors (Lipinski definition) is 2. The van der Waals surface area contributed by atoms with Crippen LogP contribution in [0, 0.1) is 0 Å². The molecular weight excluding hydrogens is 240 g/mol. The van der Waals surface area contributed by atoms with E-state index >= 15 is 0 Å². The number of Topliss-reactive ketones (excluding diaryl/α,β-unsaturated/α-hetero) is 1. The number of ketones is 1. The molecule has 0 saturated heterocycles. The molecule has 0 heterocycles. The van der Waals surface area contributed by atoms with Crippen molar-refractivity contribution in [2.75, 3.05) is 13.2 Å². The van der Waals surface area contributed by atoms with Gasteiger partial charge in [0.1, 0.15) is 6.61 Å². The van der Waals surface area contributed by atoms with Gasteiger partial charge in [0.25, 0.3) is 0 Å². The molecule has 0 saturated carbocycles. The molecule has 0 aliphatic rings. The zero-order chi connectivity index (χ0) is 13.9. The first-order chi connectivity index (χ1) is 8.45. The zero-order valence-corrected chi connectivity index (χ0v) is 13.6. The molecule has 0 aromatic heterocycles. The zero-order valence-electron chi connectivity index (χ0n) is 12.6. The fourth-order valence-corrected chi connectivity index (χ4v) is 3.04. The molecule has 18 heavy (non-hydrogen) atoms. The lowest BCUT2D eigenvalue weighted by Gasteiger charge is -2.14. The van der Waals surface area contributed by atoms with Crippen molar-refractivity contribution in [2.24, 2.45) is 0 Å². The lowest BCUT2D eigenvalue weighted by atomic mass is 10.2. The van der Waals surface area contributed by atoms with Crippen LogP contribution in [-0.2, 0) is 9.53 Å². The number of hydrogen-bond donors (Lipinski definition) is 0. The Balaban J connectivity index is 3.30. The third-order valence-electron chi connectivity index (χ3n) is 2.55. The van der Waals surface area contributed by atoms with Crippen molar-refractivity contribution >= 4 is 13.9 Å². The maximum atomic E-state index is 11.6. The molecule has 0 aliphatic carbocycles. The number of ether oxygens (including phenoxy) is 1. The SMILES string of the molecule is CC/C=C\CCCCCOCC(=O)C[Si](C)(C)C. The first kappa shape index (κ1) is 17.6. The summed E-state index contributed by atoms with van der Waals surface area (Å²) in [6.45, 7) is 9.86. The molecule has 0 N–H and O–H groups in total. The van der Waals surface area contributed by atoms with Crippen LogP contribution in [0.2, 0.25) is 25.7 Å². The van der Waals surface area contributed by atoms with E-state index in [0.29, 0.717) is 6.61 Å². The lowest BCUT2D eigenvalue weighted by Crippen LogP contribution is -2.26. The van der Waals surface area contributed by atoms with Gasteiger partial charge in [0, 0.05) is 12.7 Å². The van der Waals surface area contributed by atoms with Crippen molar-refractivity contribution in [1.82, 2.24) is 0 Å². The Morgan fingerprint density at radius 2 is 1.83 bits per heavy atom. The first-order valence-corrected chi connectivity index (χ1v) is 10.9. The number of carbonyl (C=O) groups excluding carboxylic acids is 1. The average molecular weight is 270 g/mol. The van der Waals surface area contributed by atoms with Crippen LogP contribution in [0.25, 0.3) is 0 Å². The number of unbranched alkanes of at least 4 members (excludes halogenated alkanes) is 3. The largest absolute Gasteiger partial charge is 0.374 e. The molecular formula is C15H30O2Si. The van der Waals surface area contributed by atoms with Crippen molar-refractivity contribution in [3.63, 3.8) is 0 Å². The molecule has 0 rings (SSSR count). The van der Waals surface area contributed by atoms with E-state index in [4.69, 9.17) is 4.74 Å². The summed E-state index contributed by atoms with van der Waals surface area (Å²) >= 11 is 0. The van der Waals surface area contributed by atoms with Gasteiger partial charge in [-0.2, -0.15) is 0 Å². The van der Waals surface area contributed by atoms with Crippen molar-refractivity contribution in [2.45, 2.75) is 64.7 Å². The van der Waals surface area contributed by atoms with Gasteiger partial charge in [-0.25, -0.2) is 0 Å². The molecule has 0 aromatic carbocycles. The Labute approximate surface area is 114 Å². The molecule has 2 nitrogen and oxygen atoms in total. The quantitative estimate of drug-likeness (QED) is 0.315. The van der Waals surface area contributed by atoms with Crippen LogP contribution in [0.5, 0.6) is 0 Å². The highest BCUT2D eigenvalue weighted by Gasteiger charge is 2.17. The van der Waals surface area contributed by atoms with Gasteiger partial charge in [-0.3, -0.25) is 4.79 Å². The predicted molar refractivity (Wildman–Crippen MR) is 81.9 cm³/mol. The molecule has 0 bridgehead atoms. The van der Waals surface area contributed by atoms with E-state index in [0.717, 1.165) is 25.5 Å². The normalized spacial score (nSPS) is 12.2. The molecule has 0 fully saturated rings. The fraction of sp³-hybridized carbons (Fsp3) is 0.800. The summed E-state index contributed by atoms with van der Waals surface area (Å²) in [7, 11) is -1.25. The van der Waals surface area contributed by atoms with Crippen LogP contribution in [0.3, 0.4) is 0 Å². The standard InChI is InChI=1S/C15H30O2Si/c1-5-6-7-8-9-10-11-12-17-13-15(16)14-18(2,3)4/h6-7H,5,8-14H2,1-4H3/b7-6-. The summed E-state index contributed by atoms with van der Waals surface area (Å²) in [5, 5.41) is 0. The van der Waals surface area contributed by atoms with Gasteiger partial charge in [-0.1, -0.05) is 45.1 Å². The monoisotopic (exact) mass is 270 g/mol.